The molecule has 0 aliphatic carbocycles. The van der Waals surface area contributed by atoms with Crippen molar-refractivity contribution in [2.24, 2.45) is 0 Å². The highest BCUT2D eigenvalue weighted by atomic mass is 16.5. The molecule has 1 rings (SSSR count). The summed E-state index contributed by atoms with van der Waals surface area (Å²) in [7, 11) is 1.66. The monoisotopic (exact) mass is 424 g/mol. The van der Waals surface area contributed by atoms with E-state index in [1.54, 1.807) is 7.11 Å². The van der Waals surface area contributed by atoms with Crippen LogP contribution in [0, 0.1) is 0 Å². The Morgan fingerprint density at radius 3 is 2.00 bits per heavy atom. The van der Waals surface area contributed by atoms with Crippen molar-refractivity contribution in [2.75, 3.05) is 38.3 Å². The minimum Gasteiger partial charge on any atom is -0.382 e. The van der Waals surface area contributed by atoms with Crippen LogP contribution in [0.3, 0.4) is 0 Å². The van der Waals surface area contributed by atoms with E-state index >= 15 is 0 Å². The molecule has 0 atom stereocenters. The number of ether oxygens (including phenoxy) is 2. The molecule has 170 valence electrons. The number of aromatic nitrogens is 2. The van der Waals surface area contributed by atoms with Gasteiger partial charge in [-0.15, -0.1) is 0 Å². The molecule has 0 unspecified atom stereocenters. The number of nitrogens with two attached hydrogens (primary N) is 2. The van der Waals surface area contributed by atoms with Crippen LogP contribution in [0.4, 0.5) is 11.6 Å². The summed E-state index contributed by atoms with van der Waals surface area (Å²) >= 11 is 0. The van der Waals surface area contributed by atoms with Gasteiger partial charge < -0.3 is 31.6 Å². The summed E-state index contributed by atoms with van der Waals surface area (Å²) in [5.74, 6) is -1.33. The summed E-state index contributed by atoms with van der Waals surface area (Å²) in [6.07, 6.45) is 2.47. The molecule has 10 nitrogen and oxygen atoms in total. The van der Waals surface area contributed by atoms with Crippen LogP contribution in [-0.4, -0.2) is 59.8 Å². The lowest BCUT2D eigenvalue weighted by Crippen LogP contribution is -2.42. The number of nitrogen functional groups attached to an aromatic ring is 2. The molecule has 1 heterocycles. The minimum atomic E-state index is -0.619. The fourth-order valence-electron chi connectivity index (χ4n) is 2.36. The van der Waals surface area contributed by atoms with E-state index < -0.39 is 17.4 Å². The highest BCUT2D eigenvalue weighted by Crippen LogP contribution is 2.17. The van der Waals surface area contributed by atoms with Gasteiger partial charge in [0.1, 0.15) is 0 Å². The second kappa shape index (κ2) is 11.1. The second-order valence-corrected chi connectivity index (χ2v) is 8.31. The molecule has 1 aromatic rings. The zero-order chi connectivity index (χ0) is 22.9. The maximum absolute atomic E-state index is 12.5. The number of rotatable bonds is 12. The van der Waals surface area contributed by atoms with E-state index in [-0.39, 0.29) is 35.2 Å². The van der Waals surface area contributed by atoms with Gasteiger partial charge in [0.2, 0.25) is 0 Å². The maximum Gasteiger partial charge on any atom is 0.273 e. The van der Waals surface area contributed by atoms with Gasteiger partial charge in [-0.1, -0.05) is 13.3 Å². The van der Waals surface area contributed by atoms with E-state index in [1.165, 1.54) is 0 Å². The van der Waals surface area contributed by atoms with Crippen molar-refractivity contribution in [1.29, 1.82) is 0 Å². The average molecular weight is 425 g/mol. The summed E-state index contributed by atoms with van der Waals surface area (Å²) in [4.78, 5) is 32.6. The molecule has 0 spiro atoms. The van der Waals surface area contributed by atoms with Crippen molar-refractivity contribution in [3.8, 4) is 0 Å². The van der Waals surface area contributed by atoms with Gasteiger partial charge in [0, 0.05) is 20.2 Å². The first kappa shape index (κ1) is 25.6. The predicted molar refractivity (Wildman–Crippen MR) is 116 cm³/mol. The number of methoxy groups -OCH3 is 1. The van der Waals surface area contributed by atoms with Gasteiger partial charge in [0.15, 0.2) is 23.0 Å². The number of nitrogens with zero attached hydrogens (tertiary/aromatic N) is 2. The van der Waals surface area contributed by atoms with Gasteiger partial charge in [-0.25, -0.2) is 9.97 Å². The molecule has 0 radical (unpaired) electrons. The summed E-state index contributed by atoms with van der Waals surface area (Å²) < 4.78 is 11.2. The number of hydrogen-bond donors (Lipinski definition) is 4. The summed E-state index contributed by atoms with van der Waals surface area (Å²) in [5, 5.41) is 5.42. The zero-order valence-electron chi connectivity index (χ0n) is 18.9. The Balaban J connectivity index is 2.71. The summed E-state index contributed by atoms with van der Waals surface area (Å²) in [6.45, 7) is 10.9. The molecule has 0 saturated heterocycles. The van der Waals surface area contributed by atoms with Crippen molar-refractivity contribution < 1.29 is 19.1 Å². The smallest absolute Gasteiger partial charge is 0.273 e. The highest BCUT2D eigenvalue weighted by molar-refractivity contribution is 6.00. The van der Waals surface area contributed by atoms with Crippen LogP contribution < -0.4 is 22.1 Å². The van der Waals surface area contributed by atoms with Crippen molar-refractivity contribution in [2.45, 2.75) is 65.1 Å². The molecular weight excluding hydrogens is 388 g/mol. The van der Waals surface area contributed by atoms with Crippen LogP contribution in [-0.2, 0) is 9.47 Å². The van der Waals surface area contributed by atoms with Crippen molar-refractivity contribution in [3.05, 3.63) is 11.4 Å². The first-order valence-electron chi connectivity index (χ1n) is 10.1. The summed E-state index contributed by atoms with van der Waals surface area (Å²) in [5.41, 5.74) is 10.6. The SMILES string of the molecule is CCCCNC(=O)c1nc(N)c(C(=O)NCC(C)(C)OCCC(C)(C)OC)nc1N. The topological polar surface area (TPSA) is 154 Å². The Labute approximate surface area is 178 Å². The number of carbonyl (C=O) groups is 2. The molecule has 1 aromatic heterocycles. The fourth-order valence-corrected chi connectivity index (χ4v) is 2.36. The lowest BCUT2D eigenvalue weighted by molar-refractivity contribution is -0.0562. The molecule has 0 aliphatic rings. The number of amides is 2. The van der Waals surface area contributed by atoms with Crippen molar-refractivity contribution in [3.63, 3.8) is 0 Å². The summed E-state index contributed by atoms with van der Waals surface area (Å²) in [6, 6.07) is 0. The molecule has 0 fully saturated rings. The Hall–Kier alpha value is -2.46. The van der Waals surface area contributed by atoms with Gasteiger partial charge in [0.05, 0.1) is 17.8 Å². The number of anilines is 2. The van der Waals surface area contributed by atoms with E-state index in [0.717, 1.165) is 12.8 Å². The van der Waals surface area contributed by atoms with E-state index in [9.17, 15) is 9.59 Å². The molecule has 0 aromatic carbocycles. The Morgan fingerprint density at radius 1 is 0.967 bits per heavy atom. The third kappa shape index (κ3) is 8.11. The Kier molecular flexibility index (Phi) is 9.44. The van der Waals surface area contributed by atoms with Gasteiger partial charge in [-0.05, 0) is 40.5 Å². The molecule has 2 amide bonds. The number of unbranched alkanes of at least 4 members (excludes halogenated alkanes) is 1. The lowest BCUT2D eigenvalue weighted by atomic mass is 10.1. The minimum absolute atomic E-state index is 0.0930. The van der Waals surface area contributed by atoms with Crippen molar-refractivity contribution >= 4 is 23.5 Å². The number of nitrogens with one attached hydrogen (secondary N) is 2. The maximum atomic E-state index is 12.5. The standard InChI is InChI=1S/C20H36N6O4/c1-7-8-10-23-17(27)13-15(21)26-14(16(22)25-13)18(28)24-12-20(4,5)30-11-9-19(2,3)29-6/h7-12H2,1-6H3,(H2,21,26)(H2,22,25)(H,23,27)(H,24,28). The molecule has 6 N–H and O–H groups in total. The normalized spacial score (nSPS) is 11.9. The average Bonchev–Trinajstić information content (AvgIpc) is 2.67. The van der Waals surface area contributed by atoms with Gasteiger partial charge in [-0.2, -0.15) is 0 Å². The van der Waals surface area contributed by atoms with E-state index in [4.69, 9.17) is 20.9 Å². The van der Waals surface area contributed by atoms with Gasteiger partial charge in [0.25, 0.3) is 11.8 Å². The fraction of sp³-hybridized carbons (Fsp3) is 0.700. The lowest BCUT2D eigenvalue weighted by Gasteiger charge is -2.29. The van der Waals surface area contributed by atoms with Crippen LogP contribution in [0.5, 0.6) is 0 Å². The quantitative estimate of drug-likeness (QED) is 0.368. The Bertz CT molecular complexity index is 736. The number of carbonyl (C=O) groups excluding carboxylic acids is 2. The van der Waals surface area contributed by atoms with E-state index in [2.05, 4.69) is 20.6 Å². The second-order valence-electron chi connectivity index (χ2n) is 8.31. The third-order valence-electron chi connectivity index (χ3n) is 4.62. The largest absolute Gasteiger partial charge is 0.382 e. The first-order valence-corrected chi connectivity index (χ1v) is 10.1. The van der Waals surface area contributed by atoms with E-state index in [1.807, 2.05) is 34.6 Å². The van der Waals surface area contributed by atoms with E-state index in [0.29, 0.717) is 19.6 Å². The molecular formula is C20H36N6O4. The molecule has 30 heavy (non-hydrogen) atoms. The predicted octanol–water partition coefficient (Wildman–Crippen LogP) is 1.51. The van der Waals surface area contributed by atoms with Crippen LogP contribution in [0.2, 0.25) is 0 Å². The van der Waals surface area contributed by atoms with Crippen LogP contribution in [0.15, 0.2) is 0 Å². The zero-order valence-corrected chi connectivity index (χ0v) is 18.9. The van der Waals surface area contributed by atoms with Crippen LogP contribution >= 0.6 is 0 Å². The Morgan fingerprint density at radius 2 is 1.50 bits per heavy atom. The van der Waals surface area contributed by atoms with Crippen LogP contribution in [0.25, 0.3) is 0 Å². The van der Waals surface area contributed by atoms with Gasteiger partial charge in [-0.3, -0.25) is 9.59 Å². The third-order valence-corrected chi connectivity index (χ3v) is 4.62. The molecule has 0 saturated carbocycles. The van der Waals surface area contributed by atoms with Gasteiger partial charge >= 0.3 is 0 Å². The van der Waals surface area contributed by atoms with Crippen molar-refractivity contribution in [1.82, 2.24) is 20.6 Å². The molecule has 10 heteroatoms. The first-order chi connectivity index (χ1) is 13.9. The highest BCUT2D eigenvalue weighted by Gasteiger charge is 2.25. The molecule has 0 bridgehead atoms. The van der Waals surface area contributed by atoms with Crippen LogP contribution in [0.1, 0.15) is 74.9 Å². The molecule has 0 aliphatic heterocycles. The number of hydrogen-bond acceptors (Lipinski definition) is 8.